The van der Waals surface area contributed by atoms with E-state index in [1.165, 1.54) is 24.1 Å². The molecule has 2 N–H and O–H groups in total. The van der Waals surface area contributed by atoms with Crippen molar-refractivity contribution in [2.75, 3.05) is 30.4 Å². The predicted molar refractivity (Wildman–Crippen MR) is 103 cm³/mol. The van der Waals surface area contributed by atoms with Gasteiger partial charge >= 0.3 is 11.9 Å². The molecular formula is C18H14Cl2N2O6. The summed E-state index contributed by atoms with van der Waals surface area (Å²) in [6, 6.07) is 7.22. The van der Waals surface area contributed by atoms with Gasteiger partial charge in [0.2, 0.25) is 5.91 Å². The monoisotopic (exact) mass is 424 g/mol. The lowest BCUT2D eigenvalue weighted by atomic mass is 10.1. The van der Waals surface area contributed by atoms with E-state index in [9.17, 15) is 14.4 Å². The van der Waals surface area contributed by atoms with Crippen LogP contribution < -0.4 is 19.7 Å². The van der Waals surface area contributed by atoms with Crippen molar-refractivity contribution in [2.24, 2.45) is 0 Å². The number of hydrogen-bond acceptors (Lipinski definition) is 6. The average Bonchev–Trinajstić information content (AvgIpc) is 2.63. The number of esters is 1. The van der Waals surface area contributed by atoms with Crippen LogP contribution in [0, 0.1) is 0 Å². The van der Waals surface area contributed by atoms with Gasteiger partial charge in [-0.2, -0.15) is 0 Å². The summed E-state index contributed by atoms with van der Waals surface area (Å²) >= 11 is 12.1. The van der Waals surface area contributed by atoms with Crippen LogP contribution in [-0.2, 0) is 9.59 Å². The minimum Gasteiger partial charge on any atom is -0.496 e. The smallest absolute Gasteiger partial charge is 0.339 e. The normalized spacial score (nSPS) is 12.8. The summed E-state index contributed by atoms with van der Waals surface area (Å²) in [7, 11) is 1.31. The van der Waals surface area contributed by atoms with Crippen molar-refractivity contribution < 1.29 is 29.0 Å². The number of nitrogens with one attached hydrogen (secondary N) is 1. The molecule has 0 spiro atoms. The molecule has 0 unspecified atom stereocenters. The first-order valence-electron chi connectivity index (χ1n) is 7.94. The summed E-state index contributed by atoms with van der Waals surface area (Å²) in [6.45, 7) is -0.308. The molecule has 1 aliphatic heterocycles. The van der Waals surface area contributed by atoms with Crippen molar-refractivity contribution in [1.82, 2.24) is 0 Å². The number of carboxylic acid groups (broad SMARTS) is 1. The fourth-order valence-electron chi connectivity index (χ4n) is 2.71. The lowest BCUT2D eigenvalue weighted by Crippen LogP contribution is -2.41. The fraction of sp³-hybridized carbons (Fsp3) is 0.167. The second-order valence-corrected chi connectivity index (χ2v) is 6.67. The van der Waals surface area contributed by atoms with Gasteiger partial charge in [-0.05, 0) is 24.3 Å². The molecular weight excluding hydrogens is 411 g/mol. The van der Waals surface area contributed by atoms with Gasteiger partial charge in [0.25, 0.3) is 0 Å². The zero-order valence-corrected chi connectivity index (χ0v) is 16.0. The summed E-state index contributed by atoms with van der Waals surface area (Å²) in [4.78, 5) is 37.0. The molecule has 3 rings (SSSR count). The molecule has 0 fully saturated rings. The number of ether oxygens (including phenoxy) is 2. The maximum absolute atomic E-state index is 12.5. The Morgan fingerprint density at radius 3 is 2.71 bits per heavy atom. The van der Waals surface area contributed by atoms with Gasteiger partial charge in [0.05, 0.1) is 30.1 Å². The van der Waals surface area contributed by atoms with E-state index < -0.39 is 17.8 Å². The standard InChI is InChI=1S/C18H14Cl2N2O6/c1-27-15-6-12(11(20)5-10(15)18(25)26)21-16(23)7-22-8-17(24)28-14-3-2-9(19)4-13(14)22/h2-6H,7-8H2,1H3,(H,21,23)(H,25,26). The van der Waals surface area contributed by atoms with Gasteiger partial charge in [-0.1, -0.05) is 23.2 Å². The fourth-order valence-corrected chi connectivity index (χ4v) is 3.09. The van der Waals surface area contributed by atoms with Crippen LogP contribution in [-0.4, -0.2) is 43.2 Å². The quantitative estimate of drug-likeness (QED) is 0.560. The number of nitrogens with zero attached hydrogens (tertiary/aromatic N) is 1. The van der Waals surface area contributed by atoms with E-state index in [0.29, 0.717) is 16.5 Å². The molecule has 0 atom stereocenters. The van der Waals surface area contributed by atoms with Gasteiger partial charge in [-0.3, -0.25) is 4.79 Å². The minimum absolute atomic E-state index is 0.0352. The van der Waals surface area contributed by atoms with Gasteiger partial charge < -0.3 is 24.8 Å². The Morgan fingerprint density at radius 2 is 2.04 bits per heavy atom. The summed E-state index contributed by atoms with van der Waals surface area (Å²) in [6.07, 6.45) is 0. The van der Waals surface area contributed by atoms with Crippen LogP contribution in [0.1, 0.15) is 10.4 Å². The molecule has 0 aromatic heterocycles. The minimum atomic E-state index is -1.21. The zero-order chi connectivity index (χ0) is 20.4. The Balaban J connectivity index is 1.81. The van der Waals surface area contributed by atoms with Crippen LogP contribution in [0.15, 0.2) is 30.3 Å². The number of carbonyl (C=O) groups excluding carboxylic acids is 2. The van der Waals surface area contributed by atoms with Crippen molar-refractivity contribution in [2.45, 2.75) is 0 Å². The maximum atomic E-state index is 12.5. The van der Waals surface area contributed by atoms with E-state index in [1.54, 1.807) is 18.2 Å². The van der Waals surface area contributed by atoms with Crippen molar-refractivity contribution >= 4 is 52.4 Å². The van der Waals surface area contributed by atoms with E-state index in [1.807, 2.05) is 0 Å². The van der Waals surface area contributed by atoms with Crippen LogP contribution in [0.2, 0.25) is 10.0 Å². The van der Waals surface area contributed by atoms with Crippen molar-refractivity contribution in [3.05, 3.63) is 45.9 Å². The number of aromatic carboxylic acids is 1. The van der Waals surface area contributed by atoms with Gasteiger partial charge in [0.1, 0.15) is 17.9 Å². The number of carbonyl (C=O) groups is 3. The van der Waals surface area contributed by atoms with Gasteiger partial charge in [-0.25, -0.2) is 9.59 Å². The van der Waals surface area contributed by atoms with Crippen LogP contribution in [0.3, 0.4) is 0 Å². The molecule has 8 nitrogen and oxygen atoms in total. The molecule has 1 heterocycles. The molecule has 1 amide bonds. The first kappa shape index (κ1) is 19.8. The highest BCUT2D eigenvalue weighted by molar-refractivity contribution is 6.34. The first-order chi connectivity index (χ1) is 13.3. The highest BCUT2D eigenvalue weighted by Crippen LogP contribution is 2.35. The number of halogens is 2. The topological polar surface area (TPSA) is 105 Å². The molecule has 2 aromatic carbocycles. The van der Waals surface area contributed by atoms with Gasteiger partial charge in [0, 0.05) is 11.1 Å². The van der Waals surface area contributed by atoms with Gasteiger partial charge in [-0.15, -0.1) is 0 Å². The third kappa shape index (κ3) is 4.13. The summed E-state index contributed by atoms with van der Waals surface area (Å²) in [5, 5.41) is 12.2. The Labute approximate surface area is 169 Å². The lowest BCUT2D eigenvalue weighted by Gasteiger charge is -2.29. The van der Waals surface area contributed by atoms with E-state index in [4.69, 9.17) is 37.8 Å². The van der Waals surface area contributed by atoms with E-state index in [-0.39, 0.29) is 35.1 Å². The Morgan fingerprint density at radius 1 is 1.29 bits per heavy atom. The third-order valence-corrected chi connectivity index (χ3v) is 4.48. The first-order valence-corrected chi connectivity index (χ1v) is 8.70. The molecule has 1 aliphatic rings. The second kappa shape index (κ2) is 7.95. The number of rotatable bonds is 5. The number of methoxy groups -OCH3 is 1. The molecule has 10 heteroatoms. The summed E-state index contributed by atoms with van der Waals surface area (Å²) < 4.78 is 10.2. The number of benzene rings is 2. The Hall–Kier alpha value is -2.97. The summed E-state index contributed by atoms with van der Waals surface area (Å²) in [5.41, 5.74) is 0.555. The Bertz CT molecular complexity index is 979. The molecule has 146 valence electrons. The number of anilines is 2. The molecule has 0 saturated carbocycles. The van der Waals surface area contributed by atoms with Crippen molar-refractivity contribution in [1.29, 1.82) is 0 Å². The van der Waals surface area contributed by atoms with Crippen LogP contribution in [0.5, 0.6) is 11.5 Å². The van der Waals surface area contributed by atoms with Crippen LogP contribution in [0.25, 0.3) is 0 Å². The predicted octanol–water partition coefficient (Wildman–Crippen LogP) is 3.06. The Kier molecular flexibility index (Phi) is 5.62. The molecule has 0 saturated heterocycles. The molecule has 0 bridgehead atoms. The van der Waals surface area contributed by atoms with Gasteiger partial charge in [0.15, 0.2) is 5.75 Å². The molecule has 0 radical (unpaired) electrons. The average molecular weight is 425 g/mol. The molecule has 2 aromatic rings. The lowest BCUT2D eigenvalue weighted by molar-refractivity contribution is -0.133. The number of hydrogen-bond donors (Lipinski definition) is 2. The highest BCUT2D eigenvalue weighted by atomic mass is 35.5. The van der Waals surface area contributed by atoms with Crippen LogP contribution >= 0.6 is 23.2 Å². The zero-order valence-electron chi connectivity index (χ0n) is 14.5. The largest absolute Gasteiger partial charge is 0.496 e. The molecule has 0 aliphatic carbocycles. The van der Waals surface area contributed by atoms with E-state index in [0.717, 1.165) is 0 Å². The van der Waals surface area contributed by atoms with Crippen LogP contribution in [0.4, 0.5) is 11.4 Å². The second-order valence-electron chi connectivity index (χ2n) is 5.83. The molecule has 28 heavy (non-hydrogen) atoms. The maximum Gasteiger partial charge on any atom is 0.339 e. The van der Waals surface area contributed by atoms with Crippen molar-refractivity contribution in [3.8, 4) is 11.5 Å². The van der Waals surface area contributed by atoms with E-state index in [2.05, 4.69) is 5.32 Å². The number of amides is 1. The summed E-state index contributed by atoms with van der Waals surface area (Å²) in [5.74, 6) is -1.84. The SMILES string of the molecule is COc1cc(NC(=O)CN2CC(=O)Oc3ccc(Cl)cc32)c(Cl)cc1C(=O)O. The van der Waals surface area contributed by atoms with Crippen molar-refractivity contribution in [3.63, 3.8) is 0 Å². The highest BCUT2D eigenvalue weighted by Gasteiger charge is 2.26. The number of carboxylic acids is 1. The third-order valence-electron chi connectivity index (χ3n) is 3.93. The van der Waals surface area contributed by atoms with E-state index >= 15 is 0 Å². The number of fused-ring (bicyclic) bond motifs is 1.